The normalized spacial score (nSPS) is 11.0. The van der Waals surface area contributed by atoms with Crippen LogP contribution >= 0.6 is 0 Å². The monoisotopic (exact) mass is 334 g/mol. The van der Waals surface area contributed by atoms with Gasteiger partial charge in [-0.1, -0.05) is 0 Å². The van der Waals surface area contributed by atoms with Crippen molar-refractivity contribution in [3.63, 3.8) is 0 Å². The van der Waals surface area contributed by atoms with Crippen molar-refractivity contribution < 1.29 is 18.7 Å². The fourth-order valence-electron chi connectivity index (χ4n) is 1.88. The van der Waals surface area contributed by atoms with Gasteiger partial charge in [0.05, 0.1) is 23.1 Å². The molecule has 0 saturated heterocycles. The van der Waals surface area contributed by atoms with E-state index in [0.29, 0.717) is 5.56 Å². The smallest absolute Gasteiger partial charge is 0.412 e. The fraction of sp³-hybridized carbons (Fsp3) is 0.312. The third kappa shape index (κ3) is 4.80. The highest BCUT2D eigenvalue weighted by Crippen LogP contribution is 2.24. The lowest BCUT2D eigenvalue weighted by Crippen LogP contribution is -2.27. The second kappa shape index (κ2) is 6.69. The van der Waals surface area contributed by atoms with Crippen molar-refractivity contribution in [3.05, 3.63) is 42.0 Å². The molecule has 2 aromatic rings. The van der Waals surface area contributed by atoms with E-state index in [0.717, 1.165) is 6.07 Å². The van der Waals surface area contributed by atoms with Crippen LogP contribution in [0.1, 0.15) is 31.1 Å². The predicted octanol–water partition coefficient (Wildman–Crippen LogP) is 3.16. The highest BCUT2D eigenvalue weighted by molar-refractivity contribution is 6.06. The van der Waals surface area contributed by atoms with Crippen LogP contribution in [0.25, 0.3) is 0 Å². The van der Waals surface area contributed by atoms with Crippen molar-refractivity contribution in [2.75, 3.05) is 10.6 Å². The number of ether oxygens (including phenoxy) is 1. The zero-order chi connectivity index (χ0) is 17.9. The van der Waals surface area contributed by atoms with Crippen LogP contribution in [0.4, 0.5) is 20.6 Å². The molecule has 8 heteroatoms. The van der Waals surface area contributed by atoms with E-state index in [1.807, 2.05) is 0 Å². The van der Waals surface area contributed by atoms with E-state index < -0.39 is 23.4 Å². The van der Waals surface area contributed by atoms with Crippen LogP contribution in [0.3, 0.4) is 0 Å². The van der Waals surface area contributed by atoms with Crippen molar-refractivity contribution in [2.45, 2.75) is 26.4 Å². The molecule has 0 fully saturated rings. The number of rotatable bonds is 3. The summed E-state index contributed by atoms with van der Waals surface area (Å²) < 4.78 is 20.1. The molecule has 0 aliphatic rings. The first-order chi connectivity index (χ1) is 11.1. The number of hydrogen-bond acceptors (Lipinski definition) is 4. The number of aryl methyl sites for hydroxylation is 1. The maximum absolute atomic E-state index is 13.5. The Morgan fingerprint density at radius 1 is 1.21 bits per heavy atom. The minimum absolute atomic E-state index is 0.120. The van der Waals surface area contributed by atoms with Crippen LogP contribution < -0.4 is 10.6 Å². The van der Waals surface area contributed by atoms with Crippen molar-refractivity contribution in [2.24, 2.45) is 7.05 Å². The molecule has 2 rings (SSSR count). The van der Waals surface area contributed by atoms with Gasteiger partial charge in [0.15, 0.2) is 0 Å². The topological polar surface area (TPSA) is 85.2 Å². The Morgan fingerprint density at radius 2 is 1.92 bits per heavy atom. The molecule has 128 valence electrons. The molecule has 0 radical (unpaired) electrons. The van der Waals surface area contributed by atoms with Crippen molar-refractivity contribution >= 4 is 23.4 Å². The van der Waals surface area contributed by atoms with E-state index in [-0.39, 0.29) is 11.4 Å². The maximum atomic E-state index is 13.5. The molecule has 0 atom stereocenters. The van der Waals surface area contributed by atoms with Gasteiger partial charge in [-0.2, -0.15) is 5.10 Å². The maximum Gasteiger partial charge on any atom is 0.412 e. The van der Waals surface area contributed by atoms with Crippen molar-refractivity contribution in [3.8, 4) is 0 Å². The van der Waals surface area contributed by atoms with E-state index in [9.17, 15) is 14.0 Å². The van der Waals surface area contributed by atoms with Crippen LogP contribution in [0, 0.1) is 5.82 Å². The molecule has 0 bridgehead atoms. The summed E-state index contributed by atoms with van der Waals surface area (Å²) in [5.41, 5.74) is -0.0222. The molecule has 0 saturated carbocycles. The van der Waals surface area contributed by atoms with Gasteiger partial charge >= 0.3 is 6.09 Å². The number of anilines is 2. The molecule has 1 aromatic heterocycles. The van der Waals surface area contributed by atoms with Gasteiger partial charge < -0.3 is 10.1 Å². The van der Waals surface area contributed by atoms with Crippen molar-refractivity contribution in [1.29, 1.82) is 0 Å². The van der Waals surface area contributed by atoms with Gasteiger partial charge in [-0.25, -0.2) is 9.18 Å². The standard InChI is InChI=1S/C16H19FN4O3/c1-16(2,3)24-15(23)20-12-6-5-11(17)7-13(12)19-14(22)10-8-18-21(4)9-10/h5-9H,1-4H3,(H,19,22)(H,20,23). The Balaban J connectivity index is 2.18. The average molecular weight is 334 g/mol. The molecule has 2 amide bonds. The van der Waals surface area contributed by atoms with E-state index in [1.54, 1.807) is 27.8 Å². The lowest BCUT2D eigenvalue weighted by Gasteiger charge is -2.20. The molecular formula is C16H19FN4O3. The Morgan fingerprint density at radius 3 is 2.50 bits per heavy atom. The first kappa shape index (κ1) is 17.5. The van der Waals surface area contributed by atoms with Gasteiger partial charge in [0.25, 0.3) is 5.91 Å². The Hall–Kier alpha value is -2.90. The number of nitrogens with zero attached hydrogens (tertiary/aromatic N) is 2. The lowest BCUT2D eigenvalue weighted by molar-refractivity contribution is 0.0635. The van der Waals surface area contributed by atoms with Gasteiger partial charge in [0.1, 0.15) is 11.4 Å². The van der Waals surface area contributed by atoms with Gasteiger partial charge in [0, 0.05) is 13.2 Å². The van der Waals surface area contributed by atoms with Crippen molar-refractivity contribution in [1.82, 2.24) is 9.78 Å². The molecule has 24 heavy (non-hydrogen) atoms. The summed E-state index contributed by atoms with van der Waals surface area (Å²) in [6.07, 6.45) is 2.21. The first-order valence-electron chi connectivity index (χ1n) is 7.23. The number of carbonyl (C=O) groups is 2. The molecule has 1 aromatic carbocycles. The SMILES string of the molecule is Cn1cc(C(=O)Nc2cc(F)ccc2NC(=O)OC(C)(C)C)cn1. The van der Waals surface area contributed by atoms with Crippen LogP contribution in [0.5, 0.6) is 0 Å². The minimum atomic E-state index is -0.703. The summed E-state index contributed by atoms with van der Waals surface area (Å²) in [4.78, 5) is 24.0. The second-order valence-electron chi connectivity index (χ2n) is 6.17. The van der Waals surface area contributed by atoms with E-state index in [4.69, 9.17) is 4.74 Å². The highest BCUT2D eigenvalue weighted by Gasteiger charge is 2.18. The summed E-state index contributed by atoms with van der Waals surface area (Å²) in [5.74, 6) is -1.02. The summed E-state index contributed by atoms with van der Waals surface area (Å²) in [6.45, 7) is 5.17. The molecule has 0 unspecified atom stereocenters. The first-order valence-corrected chi connectivity index (χ1v) is 7.23. The number of aromatic nitrogens is 2. The minimum Gasteiger partial charge on any atom is -0.444 e. The number of halogens is 1. The quantitative estimate of drug-likeness (QED) is 0.903. The molecule has 1 heterocycles. The highest BCUT2D eigenvalue weighted by atomic mass is 19.1. The summed E-state index contributed by atoms with van der Waals surface area (Å²) >= 11 is 0. The fourth-order valence-corrected chi connectivity index (χ4v) is 1.88. The predicted molar refractivity (Wildman–Crippen MR) is 87.4 cm³/mol. The van der Waals surface area contributed by atoms with Crippen LogP contribution in [0.15, 0.2) is 30.6 Å². The van der Waals surface area contributed by atoms with Crippen LogP contribution in [-0.4, -0.2) is 27.4 Å². The molecule has 0 aliphatic heterocycles. The lowest BCUT2D eigenvalue weighted by atomic mass is 10.2. The third-order valence-electron chi connectivity index (χ3n) is 2.83. The largest absolute Gasteiger partial charge is 0.444 e. The molecule has 0 aliphatic carbocycles. The van der Waals surface area contributed by atoms with Gasteiger partial charge in [-0.3, -0.25) is 14.8 Å². The van der Waals surface area contributed by atoms with E-state index >= 15 is 0 Å². The van der Waals surface area contributed by atoms with Crippen LogP contribution in [-0.2, 0) is 11.8 Å². The Bertz CT molecular complexity index is 765. The third-order valence-corrected chi connectivity index (χ3v) is 2.83. The molecule has 7 nitrogen and oxygen atoms in total. The molecular weight excluding hydrogens is 315 g/mol. The van der Waals surface area contributed by atoms with Gasteiger partial charge in [0.2, 0.25) is 0 Å². The second-order valence-corrected chi connectivity index (χ2v) is 6.17. The Kier molecular flexibility index (Phi) is 4.87. The van der Waals surface area contributed by atoms with E-state index in [1.165, 1.54) is 29.2 Å². The number of carbonyl (C=O) groups excluding carboxylic acids is 2. The number of benzene rings is 1. The zero-order valence-corrected chi connectivity index (χ0v) is 13.9. The average Bonchev–Trinajstić information content (AvgIpc) is 2.86. The molecule has 0 spiro atoms. The number of hydrogen-bond donors (Lipinski definition) is 2. The van der Waals surface area contributed by atoms with Gasteiger partial charge in [-0.15, -0.1) is 0 Å². The zero-order valence-electron chi connectivity index (χ0n) is 13.9. The summed E-state index contributed by atoms with van der Waals surface area (Å²) in [5, 5.41) is 8.94. The number of nitrogens with one attached hydrogen (secondary N) is 2. The van der Waals surface area contributed by atoms with Crippen LogP contribution in [0.2, 0.25) is 0 Å². The number of amides is 2. The summed E-state index contributed by atoms with van der Waals surface area (Å²) in [7, 11) is 1.68. The van der Waals surface area contributed by atoms with E-state index in [2.05, 4.69) is 15.7 Å². The molecule has 2 N–H and O–H groups in total. The Labute approximate surface area is 138 Å². The van der Waals surface area contributed by atoms with Gasteiger partial charge in [-0.05, 0) is 39.0 Å². The summed E-state index contributed by atoms with van der Waals surface area (Å²) in [6, 6.07) is 3.63.